The fraction of sp³-hybridized carbons (Fsp3) is 0.857. The molecule has 1 atom stereocenters. The molecule has 0 spiro atoms. The smallest absolute Gasteiger partial charge is 0.220 e. The summed E-state index contributed by atoms with van der Waals surface area (Å²) in [6.45, 7) is 1.46. The Morgan fingerprint density at radius 3 is 3.09 bits per heavy atom. The molecule has 1 saturated heterocycles. The van der Waals surface area contributed by atoms with Crippen LogP contribution >= 0.6 is 0 Å². The van der Waals surface area contributed by atoms with Gasteiger partial charge in [0.1, 0.15) is 0 Å². The molecule has 0 aromatic heterocycles. The maximum absolute atomic E-state index is 10.7. The van der Waals surface area contributed by atoms with Crippen molar-refractivity contribution in [3.05, 3.63) is 0 Å². The van der Waals surface area contributed by atoms with Crippen LogP contribution in [-0.4, -0.2) is 36.8 Å². The molecular weight excluding hydrogens is 144 g/mol. The second-order valence-electron chi connectivity index (χ2n) is 2.72. The van der Waals surface area contributed by atoms with Gasteiger partial charge < -0.3 is 15.7 Å². The first-order valence-corrected chi connectivity index (χ1v) is 3.94. The fourth-order valence-corrected chi connectivity index (χ4v) is 1.18. The molecule has 0 saturated carbocycles. The van der Waals surface area contributed by atoms with E-state index in [4.69, 9.17) is 5.11 Å². The van der Waals surface area contributed by atoms with Crippen LogP contribution in [0.1, 0.15) is 12.8 Å². The minimum atomic E-state index is 0.132. The molecule has 1 heterocycles. The number of carbonyl (C=O) groups is 1. The first kappa shape index (κ1) is 8.49. The van der Waals surface area contributed by atoms with Crippen molar-refractivity contribution >= 4 is 5.91 Å². The molecular formula is C7H14N2O2. The Bertz CT molecular complexity index is 128. The number of hydrogen-bond acceptors (Lipinski definition) is 3. The van der Waals surface area contributed by atoms with E-state index in [0.717, 1.165) is 6.42 Å². The zero-order chi connectivity index (χ0) is 8.10. The first-order valence-electron chi connectivity index (χ1n) is 3.94. The number of carbonyl (C=O) groups excluding carboxylic acids is 1. The number of rotatable bonds is 3. The molecule has 0 aromatic rings. The van der Waals surface area contributed by atoms with Crippen LogP contribution in [0.4, 0.5) is 0 Å². The number of piperidine rings is 1. The van der Waals surface area contributed by atoms with Crippen LogP contribution in [-0.2, 0) is 4.79 Å². The predicted molar refractivity (Wildman–Crippen MR) is 41.1 cm³/mol. The largest absolute Gasteiger partial charge is 0.395 e. The van der Waals surface area contributed by atoms with Crippen LogP contribution in [0, 0.1) is 0 Å². The maximum Gasteiger partial charge on any atom is 0.220 e. The van der Waals surface area contributed by atoms with E-state index in [1.807, 2.05) is 0 Å². The lowest BCUT2D eigenvalue weighted by Gasteiger charge is -2.22. The van der Waals surface area contributed by atoms with Gasteiger partial charge in [-0.3, -0.25) is 4.79 Å². The van der Waals surface area contributed by atoms with Crippen molar-refractivity contribution in [2.45, 2.75) is 18.9 Å². The van der Waals surface area contributed by atoms with Gasteiger partial charge >= 0.3 is 0 Å². The van der Waals surface area contributed by atoms with E-state index in [1.165, 1.54) is 0 Å². The van der Waals surface area contributed by atoms with Gasteiger partial charge in [0.25, 0.3) is 0 Å². The lowest BCUT2D eigenvalue weighted by molar-refractivity contribution is -0.122. The molecule has 4 nitrogen and oxygen atoms in total. The molecule has 1 fully saturated rings. The zero-order valence-electron chi connectivity index (χ0n) is 6.47. The molecule has 1 unspecified atom stereocenters. The van der Waals surface area contributed by atoms with E-state index < -0.39 is 0 Å². The van der Waals surface area contributed by atoms with Gasteiger partial charge in [-0.05, 0) is 6.42 Å². The molecule has 3 N–H and O–H groups in total. The molecule has 1 amide bonds. The Balaban J connectivity index is 2.12. The van der Waals surface area contributed by atoms with Crippen LogP contribution in [0.3, 0.4) is 0 Å². The summed E-state index contributed by atoms with van der Waals surface area (Å²) in [6.07, 6.45) is 1.48. The van der Waals surface area contributed by atoms with E-state index in [9.17, 15) is 4.79 Å². The molecule has 1 aliphatic rings. The summed E-state index contributed by atoms with van der Waals surface area (Å²) in [5, 5.41) is 14.4. The Hall–Kier alpha value is -0.610. The summed E-state index contributed by atoms with van der Waals surface area (Å²) >= 11 is 0. The van der Waals surface area contributed by atoms with Crippen molar-refractivity contribution in [2.75, 3.05) is 19.7 Å². The zero-order valence-corrected chi connectivity index (χ0v) is 6.47. The van der Waals surface area contributed by atoms with E-state index >= 15 is 0 Å². The standard InChI is InChI=1S/C7H14N2O2/c10-4-3-8-6-1-2-7(11)9-5-6/h6,8,10H,1-5H2,(H,9,11). The Labute approximate surface area is 66.0 Å². The van der Waals surface area contributed by atoms with E-state index in [0.29, 0.717) is 25.6 Å². The number of hydrogen-bond donors (Lipinski definition) is 3. The summed E-state index contributed by atoms with van der Waals surface area (Å²) in [6, 6.07) is 0.347. The Kier molecular flexibility index (Phi) is 3.32. The van der Waals surface area contributed by atoms with Crippen molar-refractivity contribution < 1.29 is 9.90 Å². The van der Waals surface area contributed by atoms with Gasteiger partial charge in [0.05, 0.1) is 6.61 Å². The minimum absolute atomic E-state index is 0.132. The minimum Gasteiger partial charge on any atom is -0.395 e. The molecule has 0 aliphatic carbocycles. The average molecular weight is 158 g/mol. The highest BCUT2D eigenvalue weighted by Gasteiger charge is 2.16. The van der Waals surface area contributed by atoms with E-state index in [1.54, 1.807) is 0 Å². The number of amides is 1. The second kappa shape index (κ2) is 4.31. The first-order chi connectivity index (χ1) is 5.33. The van der Waals surface area contributed by atoms with E-state index in [-0.39, 0.29) is 12.5 Å². The van der Waals surface area contributed by atoms with Crippen molar-refractivity contribution in [3.63, 3.8) is 0 Å². The van der Waals surface area contributed by atoms with Crippen molar-refractivity contribution in [1.82, 2.24) is 10.6 Å². The number of aliphatic hydroxyl groups is 1. The molecule has 64 valence electrons. The summed E-state index contributed by atoms with van der Waals surface area (Å²) in [7, 11) is 0. The van der Waals surface area contributed by atoms with E-state index in [2.05, 4.69) is 10.6 Å². The topological polar surface area (TPSA) is 61.4 Å². The number of aliphatic hydroxyl groups excluding tert-OH is 1. The lowest BCUT2D eigenvalue weighted by Crippen LogP contribution is -2.46. The highest BCUT2D eigenvalue weighted by Crippen LogP contribution is 2.01. The summed E-state index contributed by atoms with van der Waals surface area (Å²) < 4.78 is 0. The summed E-state index contributed by atoms with van der Waals surface area (Å²) in [4.78, 5) is 10.7. The SMILES string of the molecule is O=C1CCC(NCCO)CN1. The third-order valence-corrected chi connectivity index (χ3v) is 1.81. The monoisotopic (exact) mass is 158 g/mol. The molecule has 0 aromatic carbocycles. The predicted octanol–water partition coefficient (Wildman–Crippen LogP) is -1.15. The third-order valence-electron chi connectivity index (χ3n) is 1.81. The van der Waals surface area contributed by atoms with Gasteiger partial charge in [-0.1, -0.05) is 0 Å². The van der Waals surface area contributed by atoms with Crippen LogP contribution < -0.4 is 10.6 Å². The Morgan fingerprint density at radius 2 is 2.55 bits per heavy atom. The normalized spacial score (nSPS) is 24.8. The summed E-state index contributed by atoms with van der Waals surface area (Å²) in [5.74, 6) is 0.132. The second-order valence-corrected chi connectivity index (χ2v) is 2.72. The Morgan fingerprint density at radius 1 is 1.73 bits per heavy atom. The quantitative estimate of drug-likeness (QED) is 0.486. The summed E-state index contributed by atoms with van der Waals surface area (Å²) in [5.41, 5.74) is 0. The molecule has 0 radical (unpaired) electrons. The molecule has 1 aliphatic heterocycles. The van der Waals surface area contributed by atoms with Crippen molar-refractivity contribution in [3.8, 4) is 0 Å². The van der Waals surface area contributed by atoms with Crippen LogP contribution in [0.2, 0.25) is 0 Å². The van der Waals surface area contributed by atoms with Crippen LogP contribution in [0.25, 0.3) is 0 Å². The van der Waals surface area contributed by atoms with Crippen molar-refractivity contribution in [1.29, 1.82) is 0 Å². The molecule has 11 heavy (non-hydrogen) atoms. The van der Waals surface area contributed by atoms with Gasteiger partial charge in [-0.15, -0.1) is 0 Å². The van der Waals surface area contributed by atoms with Gasteiger partial charge in [0.2, 0.25) is 5.91 Å². The number of nitrogens with one attached hydrogen (secondary N) is 2. The van der Waals surface area contributed by atoms with Crippen LogP contribution in [0.5, 0.6) is 0 Å². The third kappa shape index (κ3) is 2.86. The van der Waals surface area contributed by atoms with Gasteiger partial charge in [-0.2, -0.15) is 0 Å². The van der Waals surface area contributed by atoms with Gasteiger partial charge in [0, 0.05) is 25.6 Å². The van der Waals surface area contributed by atoms with Crippen LogP contribution in [0.15, 0.2) is 0 Å². The average Bonchev–Trinajstić information content (AvgIpc) is 2.04. The molecule has 0 bridgehead atoms. The van der Waals surface area contributed by atoms with Crippen molar-refractivity contribution in [2.24, 2.45) is 0 Å². The molecule has 1 rings (SSSR count). The highest BCUT2D eigenvalue weighted by molar-refractivity contribution is 5.76. The maximum atomic E-state index is 10.7. The highest BCUT2D eigenvalue weighted by atomic mass is 16.3. The lowest BCUT2D eigenvalue weighted by atomic mass is 10.1. The molecule has 4 heteroatoms. The van der Waals surface area contributed by atoms with Gasteiger partial charge in [0.15, 0.2) is 0 Å². The van der Waals surface area contributed by atoms with Gasteiger partial charge in [-0.25, -0.2) is 0 Å². The fourth-order valence-electron chi connectivity index (χ4n) is 1.18.